The Kier molecular flexibility index (Phi) is 6.68. The van der Waals surface area contributed by atoms with Crippen LogP contribution in [0.5, 0.6) is 0 Å². The summed E-state index contributed by atoms with van der Waals surface area (Å²) in [5.74, 6) is -0.222. The van der Waals surface area contributed by atoms with Crippen LogP contribution in [0, 0.1) is 11.6 Å². The fraction of sp³-hybridized carbons (Fsp3) is 0.200. The molecule has 39 heavy (non-hydrogen) atoms. The number of aromatic amines is 1. The number of rotatable bonds is 6. The van der Waals surface area contributed by atoms with E-state index in [-0.39, 0.29) is 17.6 Å². The van der Waals surface area contributed by atoms with Gasteiger partial charge in [0, 0.05) is 66.2 Å². The minimum Gasteiger partial charge on any atom is -0.338 e. The lowest BCUT2D eigenvalue weighted by molar-refractivity contribution is 0.609. The number of benzene rings is 1. The lowest BCUT2D eigenvalue weighted by atomic mass is 9.97. The van der Waals surface area contributed by atoms with Crippen LogP contribution in [0.15, 0.2) is 67.3 Å². The van der Waals surface area contributed by atoms with Crippen molar-refractivity contribution in [2.24, 2.45) is 0 Å². The Balaban J connectivity index is 1.49. The third-order valence-corrected chi connectivity index (χ3v) is 6.82. The van der Waals surface area contributed by atoms with Gasteiger partial charge in [0.05, 0.1) is 11.2 Å². The summed E-state index contributed by atoms with van der Waals surface area (Å²) < 4.78 is 30.0. The van der Waals surface area contributed by atoms with Gasteiger partial charge in [0.1, 0.15) is 22.9 Å². The fourth-order valence-electron chi connectivity index (χ4n) is 4.88. The molecule has 1 atom stereocenters. The third kappa shape index (κ3) is 4.82. The zero-order valence-electron chi connectivity index (χ0n) is 21.6. The van der Waals surface area contributed by atoms with Crippen molar-refractivity contribution >= 4 is 16.6 Å². The predicted octanol–water partition coefficient (Wildman–Crippen LogP) is 5.39. The maximum Gasteiger partial charge on any atom is 0.157 e. The summed E-state index contributed by atoms with van der Waals surface area (Å²) in [6, 6.07) is 9.84. The molecule has 5 aromatic rings. The summed E-state index contributed by atoms with van der Waals surface area (Å²) in [4.78, 5) is 21.6. The van der Waals surface area contributed by atoms with E-state index in [2.05, 4.69) is 30.6 Å². The summed E-state index contributed by atoms with van der Waals surface area (Å²) >= 11 is 0. The smallest absolute Gasteiger partial charge is 0.157 e. The molecular formula is C30H27F2N7. The van der Waals surface area contributed by atoms with Gasteiger partial charge >= 0.3 is 0 Å². The van der Waals surface area contributed by atoms with Crippen molar-refractivity contribution in [1.82, 2.24) is 35.6 Å². The quantitative estimate of drug-likeness (QED) is 0.276. The number of fused-ring (bicyclic) bond motifs is 2. The van der Waals surface area contributed by atoms with Gasteiger partial charge in [0.25, 0.3) is 0 Å². The topological polar surface area (TPSA) is 91.4 Å². The Morgan fingerprint density at radius 1 is 1.00 bits per heavy atom. The normalized spacial score (nSPS) is 15.2. The number of hydrogen-bond acceptors (Lipinski definition) is 6. The Bertz CT molecular complexity index is 1690. The highest BCUT2D eigenvalue weighted by molar-refractivity contribution is 5.92. The maximum absolute atomic E-state index is 16.4. The van der Waals surface area contributed by atoms with Crippen LogP contribution in [-0.4, -0.2) is 37.5 Å². The predicted molar refractivity (Wildman–Crippen MR) is 147 cm³/mol. The summed E-state index contributed by atoms with van der Waals surface area (Å²) in [5, 5.41) is 6.68. The van der Waals surface area contributed by atoms with Crippen LogP contribution in [0.4, 0.5) is 8.78 Å². The second-order valence-corrected chi connectivity index (χ2v) is 9.58. The van der Waals surface area contributed by atoms with Crippen LogP contribution >= 0.6 is 0 Å². The summed E-state index contributed by atoms with van der Waals surface area (Å²) in [5.41, 5.74) is 6.38. The highest BCUT2D eigenvalue weighted by Crippen LogP contribution is 2.35. The molecule has 196 valence electrons. The van der Waals surface area contributed by atoms with Crippen LogP contribution in [-0.2, 0) is 13.1 Å². The van der Waals surface area contributed by atoms with Crippen LogP contribution in [0.2, 0.25) is 0 Å². The molecule has 1 aliphatic heterocycles. The van der Waals surface area contributed by atoms with E-state index in [1.165, 1.54) is 12.1 Å². The molecule has 5 heterocycles. The first kappa shape index (κ1) is 25.0. The molecule has 0 fully saturated rings. The van der Waals surface area contributed by atoms with Gasteiger partial charge in [-0.25, -0.2) is 13.8 Å². The molecule has 9 heteroatoms. The summed E-state index contributed by atoms with van der Waals surface area (Å²) in [6.07, 6.45) is 8.78. The van der Waals surface area contributed by atoms with E-state index in [0.717, 1.165) is 28.8 Å². The molecule has 0 saturated carbocycles. The Hall–Kier alpha value is -4.34. The Morgan fingerprint density at radius 3 is 2.67 bits per heavy atom. The number of halogens is 2. The van der Waals surface area contributed by atoms with E-state index in [1.54, 1.807) is 36.9 Å². The molecule has 0 aliphatic carbocycles. The zero-order valence-corrected chi connectivity index (χ0v) is 21.6. The van der Waals surface area contributed by atoms with Gasteiger partial charge in [0.15, 0.2) is 5.82 Å². The lowest BCUT2D eigenvalue weighted by Crippen LogP contribution is -2.22. The number of nitrogens with one attached hydrogen (secondary N) is 3. The number of aromatic nitrogens is 5. The van der Waals surface area contributed by atoms with Gasteiger partial charge in [-0.3, -0.25) is 15.0 Å². The van der Waals surface area contributed by atoms with E-state index in [0.29, 0.717) is 46.8 Å². The standard InChI is InChI=1S/C30H27F2N7/c1-3-33-12-18-11-20(14-34-13-18)27-26(32)25-21(16-37-27)15-36-17(2)10-23(25)30-38-24-8-9-35-28(29(24)39-30)19-4-6-22(31)7-5-19/h4-11,13-14,16-17,33,36H,3,12,15H2,1-2H3,(H,38,39). The van der Waals surface area contributed by atoms with Crippen molar-refractivity contribution in [3.8, 4) is 22.5 Å². The monoisotopic (exact) mass is 523 g/mol. The molecule has 0 bridgehead atoms. The largest absolute Gasteiger partial charge is 0.338 e. The minimum atomic E-state index is -0.422. The molecular weight excluding hydrogens is 496 g/mol. The molecule has 1 aliphatic rings. The van der Waals surface area contributed by atoms with Crippen molar-refractivity contribution < 1.29 is 8.78 Å². The molecule has 4 aromatic heterocycles. The third-order valence-electron chi connectivity index (χ3n) is 6.82. The first-order valence-corrected chi connectivity index (χ1v) is 12.9. The highest BCUT2D eigenvalue weighted by Gasteiger charge is 2.26. The molecule has 6 rings (SSSR count). The number of pyridine rings is 3. The van der Waals surface area contributed by atoms with Gasteiger partial charge < -0.3 is 15.6 Å². The number of imidazole rings is 1. The van der Waals surface area contributed by atoms with Crippen molar-refractivity contribution in [2.75, 3.05) is 6.54 Å². The maximum atomic E-state index is 16.4. The molecule has 0 amide bonds. The van der Waals surface area contributed by atoms with Crippen molar-refractivity contribution in [3.63, 3.8) is 0 Å². The van der Waals surface area contributed by atoms with Crippen LogP contribution in [0.25, 0.3) is 39.1 Å². The summed E-state index contributed by atoms with van der Waals surface area (Å²) in [7, 11) is 0. The molecule has 0 spiro atoms. The van der Waals surface area contributed by atoms with Crippen molar-refractivity contribution in [3.05, 3.63) is 101 Å². The first-order chi connectivity index (χ1) is 19.0. The Morgan fingerprint density at radius 2 is 1.85 bits per heavy atom. The van der Waals surface area contributed by atoms with Gasteiger partial charge in [0.2, 0.25) is 0 Å². The first-order valence-electron chi connectivity index (χ1n) is 12.9. The number of hydrogen-bond donors (Lipinski definition) is 3. The second kappa shape index (κ2) is 10.4. The van der Waals surface area contributed by atoms with Crippen LogP contribution in [0.3, 0.4) is 0 Å². The van der Waals surface area contributed by atoms with Gasteiger partial charge in [-0.15, -0.1) is 0 Å². The SMILES string of the molecule is CCNCc1cncc(-c2ncc3c(c2F)C(c2nc4c(-c5ccc(F)cc5)nccc4[nH]2)=CC(C)NC3)c1. The molecule has 1 unspecified atom stereocenters. The molecule has 0 saturated heterocycles. The van der Waals surface area contributed by atoms with E-state index in [4.69, 9.17) is 4.98 Å². The minimum absolute atomic E-state index is 0.0386. The van der Waals surface area contributed by atoms with E-state index in [9.17, 15) is 4.39 Å². The molecule has 1 aromatic carbocycles. The Labute approximate surface area is 224 Å². The van der Waals surface area contributed by atoms with Gasteiger partial charge in [-0.05, 0) is 61.0 Å². The highest BCUT2D eigenvalue weighted by atomic mass is 19.1. The average molecular weight is 524 g/mol. The van der Waals surface area contributed by atoms with Crippen molar-refractivity contribution in [2.45, 2.75) is 33.0 Å². The fourth-order valence-corrected chi connectivity index (χ4v) is 4.88. The van der Waals surface area contributed by atoms with Gasteiger partial charge in [-0.1, -0.05) is 13.0 Å². The molecule has 3 N–H and O–H groups in total. The number of nitrogens with zero attached hydrogens (tertiary/aromatic N) is 4. The zero-order chi connectivity index (χ0) is 26.9. The summed E-state index contributed by atoms with van der Waals surface area (Å²) in [6.45, 7) is 5.97. The van der Waals surface area contributed by atoms with Gasteiger partial charge in [-0.2, -0.15) is 0 Å². The second-order valence-electron chi connectivity index (χ2n) is 9.58. The van der Waals surface area contributed by atoms with E-state index >= 15 is 4.39 Å². The van der Waals surface area contributed by atoms with Crippen LogP contribution in [0.1, 0.15) is 36.4 Å². The lowest BCUT2D eigenvalue weighted by Gasteiger charge is -2.13. The molecule has 7 nitrogen and oxygen atoms in total. The van der Waals surface area contributed by atoms with Crippen molar-refractivity contribution in [1.29, 1.82) is 0 Å². The number of H-pyrrole nitrogens is 1. The molecule has 0 radical (unpaired) electrons. The van der Waals surface area contributed by atoms with E-state index < -0.39 is 5.82 Å². The van der Waals surface area contributed by atoms with E-state index in [1.807, 2.05) is 32.1 Å². The van der Waals surface area contributed by atoms with Crippen LogP contribution < -0.4 is 10.6 Å². The average Bonchev–Trinajstić information content (AvgIpc) is 3.31.